The fourth-order valence-electron chi connectivity index (χ4n) is 12.0. The largest absolute Gasteiger partial charge is 0.506 e. The average Bonchev–Trinajstić information content (AvgIpc) is 0.806. The van der Waals surface area contributed by atoms with Crippen LogP contribution in [-0.4, -0.2) is 70.7 Å². The number of aromatic hydroxyl groups is 2. The minimum absolute atomic E-state index is 0.00707. The molecule has 0 aromatic heterocycles. The Bertz CT molecular complexity index is 4060. The van der Waals surface area contributed by atoms with Crippen LogP contribution in [0.2, 0.25) is 0 Å². The number of phenols is 2. The van der Waals surface area contributed by atoms with E-state index >= 15 is 0 Å². The smallest absolute Gasteiger partial charge is 0.259 e. The lowest BCUT2D eigenvalue weighted by Gasteiger charge is -2.20. The van der Waals surface area contributed by atoms with E-state index in [1.54, 1.807) is 156 Å². The lowest BCUT2D eigenvalue weighted by atomic mass is 10.0. The fourth-order valence-corrected chi connectivity index (χ4v) is 12.0. The number of phenolic OH excluding ortho intramolecular Hbond substituents is 2. The number of aryl methyl sites for hydroxylation is 12. The number of hydrogen-bond donors (Lipinski definition) is 10. The predicted octanol–water partition coefficient (Wildman–Crippen LogP) is 15.2. The van der Waals surface area contributed by atoms with Gasteiger partial charge in [0.15, 0.2) is 0 Å². The standard InChI is InChI=1S/C76H78N8O12/c1-37-21-49-65(85)50(22-37)70(88)78-58-34-62(46(10)30-42(58)6)82-74(92)54-26-40(4)28-56-68(54)96-20-18-16-14-13-15-17-19-95-67-53(73(91)81-61-33-57(77-69(49)87)41(5)29-45(61)9)25-39(3)27-55(67)75(93)83-63-35-59(43(7)31-47(63)11)79-71(89)51-23-38(2)24-52(66(51)86)72(90)80-60-36-64(84-76(56)94)48(12)32-44(60)8/h21-36,85-86H,13-20H2,1-12H3,(H,77,87)(H,78,88)(H,79,89)(H,80,90)(H,81,91)(H,82,92)(H,83,93)(H,84,94). The van der Waals surface area contributed by atoms with Crippen molar-refractivity contribution < 1.29 is 58.0 Å². The van der Waals surface area contributed by atoms with E-state index in [9.17, 15) is 48.6 Å². The Morgan fingerprint density at radius 3 is 0.604 bits per heavy atom. The van der Waals surface area contributed by atoms with E-state index in [2.05, 4.69) is 42.5 Å². The van der Waals surface area contributed by atoms with Crippen LogP contribution in [-0.2, 0) is 0 Å². The topological polar surface area (TPSA) is 292 Å². The van der Waals surface area contributed by atoms with E-state index in [0.29, 0.717) is 115 Å². The molecule has 0 fully saturated rings. The van der Waals surface area contributed by atoms with Crippen molar-refractivity contribution in [2.24, 2.45) is 0 Å². The van der Waals surface area contributed by atoms with Crippen LogP contribution >= 0.6 is 0 Å². The summed E-state index contributed by atoms with van der Waals surface area (Å²) in [4.78, 5) is 117. The summed E-state index contributed by atoms with van der Waals surface area (Å²) in [6.07, 6.45) is 4.00. The minimum atomic E-state index is -0.761. The molecule has 20 nitrogen and oxygen atoms in total. The molecule has 0 atom stereocenters. The third-order valence-electron chi connectivity index (χ3n) is 17.2. The van der Waals surface area contributed by atoms with Gasteiger partial charge in [0.2, 0.25) is 0 Å². The molecule has 10 rings (SSSR count). The van der Waals surface area contributed by atoms with Crippen LogP contribution in [0.5, 0.6) is 23.0 Å². The Morgan fingerprint density at radius 1 is 0.240 bits per heavy atom. The van der Waals surface area contributed by atoms with Gasteiger partial charge >= 0.3 is 0 Å². The maximum Gasteiger partial charge on any atom is 0.259 e. The second-order valence-electron chi connectivity index (χ2n) is 25.2. The Kier molecular flexibility index (Phi) is 19.8. The summed E-state index contributed by atoms with van der Waals surface area (Å²) < 4.78 is 13.1. The molecule has 96 heavy (non-hydrogen) atoms. The number of rotatable bonds is 0. The summed E-state index contributed by atoms with van der Waals surface area (Å²) in [6.45, 7) is 21.2. The first-order chi connectivity index (χ1) is 45.6. The molecule has 10 N–H and O–H groups in total. The van der Waals surface area contributed by atoms with Crippen LogP contribution < -0.4 is 52.0 Å². The van der Waals surface area contributed by atoms with Crippen LogP contribution in [0.1, 0.15) is 188 Å². The van der Waals surface area contributed by atoms with Crippen molar-refractivity contribution >= 4 is 92.8 Å². The van der Waals surface area contributed by atoms with E-state index in [1.807, 2.05) is 0 Å². The molecule has 2 heterocycles. The number of amides is 8. The van der Waals surface area contributed by atoms with Crippen molar-refractivity contribution in [2.45, 2.75) is 122 Å². The molecule has 0 aliphatic carbocycles. The Balaban J connectivity index is 1.12. The van der Waals surface area contributed by atoms with E-state index in [1.165, 1.54) is 24.3 Å². The van der Waals surface area contributed by atoms with Gasteiger partial charge in [0.25, 0.3) is 47.3 Å². The van der Waals surface area contributed by atoms with Gasteiger partial charge in [0.05, 0.1) is 57.7 Å². The normalized spacial score (nSPS) is 14.6. The summed E-state index contributed by atoms with van der Waals surface area (Å²) in [5.41, 5.74) is 8.51. The van der Waals surface area contributed by atoms with Crippen LogP contribution in [0.4, 0.5) is 45.5 Å². The highest BCUT2D eigenvalue weighted by molar-refractivity contribution is 6.17. The van der Waals surface area contributed by atoms with Gasteiger partial charge in [-0.1, -0.05) is 49.9 Å². The zero-order chi connectivity index (χ0) is 69.1. The number of hydrogen-bond acceptors (Lipinski definition) is 12. The molecule has 0 radical (unpaired) electrons. The predicted molar refractivity (Wildman–Crippen MR) is 374 cm³/mol. The average molecular weight is 1300 g/mol. The van der Waals surface area contributed by atoms with Crippen molar-refractivity contribution in [3.63, 3.8) is 0 Å². The molecule has 494 valence electrons. The van der Waals surface area contributed by atoms with E-state index < -0.39 is 58.8 Å². The molecular weight excluding hydrogens is 1220 g/mol. The van der Waals surface area contributed by atoms with Gasteiger partial charge in [-0.25, -0.2) is 0 Å². The maximum atomic E-state index is 14.9. The third kappa shape index (κ3) is 14.7. The molecule has 8 aromatic carbocycles. The van der Waals surface area contributed by atoms with Crippen molar-refractivity contribution in [3.8, 4) is 23.0 Å². The molecule has 0 unspecified atom stereocenters. The number of anilines is 8. The number of carbonyl (C=O) groups excluding carboxylic acids is 8. The molecular formula is C76H78N8O12. The first-order valence-corrected chi connectivity index (χ1v) is 31.8. The monoisotopic (exact) mass is 1290 g/mol. The third-order valence-corrected chi connectivity index (χ3v) is 17.2. The van der Waals surface area contributed by atoms with Gasteiger partial charge in [-0.15, -0.1) is 0 Å². The summed E-state index contributed by atoms with van der Waals surface area (Å²) in [6, 6.07) is 25.6. The van der Waals surface area contributed by atoms with Gasteiger partial charge in [-0.05, 0) is 235 Å². The number of ether oxygens (including phenoxy) is 2. The zero-order valence-corrected chi connectivity index (χ0v) is 55.9. The number of carbonyl (C=O) groups is 8. The highest BCUT2D eigenvalue weighted by Gasteiger charge is 2.29. The van der Waals surface area contributed by atoms with E-state index in [-0.39, 0.29) is 92.0 Å². The van der Waals surface area contributed by atoms with Crippen molar-refractivity contribution in [1.82, 2.24) is 0 Å². The van der Waals surface area contributed by atoms with Gasteiger partial charge in [0, 0.05) is 45.5 Å². The maximum absolute atomic E-state index is 14.9. The molecule has 0 saturated heterocycles. The Labute approximate surface area is 557 Å². The van der Waals surface area contributed by atoms with Crippen LogP contribution in [0, 0.1) is 83.1 Å². The highest BCUT2D eigenvalue weighted by atomic mass is 16.5. The molecule has 8 amide bonds. The lowest BCUT2D eigenvalue weighted by Crippen LogP contribution is -2.21. The van der Waals surface area contributed by atoms with Gasteiger partial charge in [-0.3, -0.25) is 38.4 Å². The van der Waals surface area contributed by atoms with Crippen molar-refractivity contribution in [3.05, 3.63) is 208 Å². The van der Waals surface area contributed by atoms with Crippen LogP contribution in [0.3, 0.4) is 0 Å². The second kappa shape index (κ2) is 28.1. The first-order valence-electron chi connectivity index (χ1n) is 31.8. The second-order valence-corrected chi connectivity index (χ2v) is 25.2. The van der Waals surface area contributed by atoms with Crippen molar-refractivity contribution in [1.29, 1.82) is 0 Å². The summed E-state index contributed by atoms with van der Waals surface area (Å²) in [5, 5.41) is 47.0. The molecule has 2 aliphatic rings. The molecule has 20 heteroatoms. The SMILES string of the molecule is Cc1cc2c(O)c(c1)C(=O)Nc1cc(c(C)cc1C)NC(=O)c1cc(C)cc3c1OCCCCCCCCOc1c(cc(C)cc1C(=O)Nc1cc(c(C)cc1C)NC(=O)c1cc(C)cc(c1O)C(=O)Nc1cc(c(C)cc1C)NC3=O)C(=O)Nc1cc(c(C)cc1C)NC2=O. The Hall–Kier alpha value is -11.3. The first kappa shape index (κ1) is 67.6. The highest BCUT2D eigenvalue weighted by Crippen LogP contribution is 2.38. The molecule has 14 bridgehead atoms. The molecule has 8 aromatic rings. The fraction of sp³-hybridized carbons (Fsp3) is 0.263. The summed E-state index contributed by atoms with van der Waals surface area (Å²) in [5.74, 6) is -6.82. The lowest BCUT2D eigenvalue weighted by molar-refractivity contribution is 0.0998. The zero-order valence-electron chi connectivity index (χ0n) is 55.9. The molecule has 0 spiro atoms. The van der Waals surface area contributed by atoms with Gasteiger partial charge < -0.3 is 62.2 Å². The number of fused-ring (bicyclic) bond motifs is 21. The van der Waals surface area contributed by atoms with E-state index in [0.717, 1.165) is 12.8 Å². The van der Waals surface area contributed by atoms with Gasteiger partial charge in [0.1, 0.15) is 23.0 Å². The summed E-state index contributed by atoms with van der Waals surface area (Å²) in [7, 11) is 0. The van der Waals surface area contributed by atoms with E-state index in [4.69, 9.17) is 9.47 Å². The van der Waals surface area contributed by atoms with Crippen LogP contribution in [0.15, 0.2) is 97.1 Å². The molecule has 2 aliphatic heterocycles. The van der Waals surface area contributed by atoms with Crippen LogP contribution in [0.25, 0.3) is 0 Å². The van der Waals surface area contributed by atoms with Gasteiger partial charge in [-0.2, -0.15) is 0 Å². The quantitative estimate of drug-likeness (QED) is 0.0678. The number of nitrogens with one attached hydrogen (secondary N) is 8. The summed E-state index contributed by atoms with van der Waals surface area (Å²) >= 11 is 0. The molecule has 0 saturated carbocycles. The Morgan fingerprint density at radius 2 is 0.406 bits per heavy atom. The minimum Gasteiger partial charge on any atom is -0.506 e. The number of benzene rings is 8. The van der Waals surface area contributed by atoms with Crippen molar-refractivity contribution in [2.75, 3.05) is 55.7 Å².